The molecule has 164 valence electrons. The van der Waals surface area contributed by atoms with E-state index in [-0.39, 0.29) is 12.5 Å². The van der Waals surface area contributed by atoms with Crippen molar-refractivity contribution in [3.8, 4) is 22.1 Å². The fourth-order valence-electron chi connectivity index (χ4n) is 3.13. The van der Waals surface area contributed by atoms with Crippen molar-refractivity contribution in [3.05, 3.63) is 76.3 Å². The minimum absolute atomic E-state index is 0.0981. The van der Waals surface area contributed by atoms with Crippen LogP contribution in [0, 0.1) is 6.92 Å². The fraction of sp³-hybridized carbons (Fsp3) is 0.208. The summed E-state index contributed by atoms with van der Waals surface area (Å²) in [6.07, 6.45) is 0. The van der Waals surface area contributed by atoms with Gasteiger partial charge in [0, 0.05) is 22.0 Å². The average molecular weight is 467 g/mol. The summed E-state index contributed by atoms with van der Waals surface area (Å²) in [4.78, 5) is 17.2. The van der Waals surface area contributed by atoms with Crippen LogP contribution in [0.15, 0.2) is 60.0 Å². The Labute approximate surface area is 195 Å². The number of rotatable bonds is 7. The highest BCUT2D eigenvalue weighted by molar-refractivity contribution is 7.12. The summed E-state index contributed by atoms with van der Waals surface area (Å²) in [5, 5.41) is 10.6. The van der Waals surface area contributed by atoms with Gasteiger partial charge in [0.1, 0.15) is 11.6 Å². The Bertz CT molecular complexity index is 1210. The van der Waals surface area contributed by atoms with Gasteiger partial charge in [-0.1, -0.05) is 49.7 Å². The molecule has 8 heteroatoms. The minimum atomic E-state index is -0.270. The molecule has 6 nitrogen and oxygen atoms in total. The highest BCUT2D eigenvalue weighted by Crippen LogP contribution is 2.27. The second-order valence-corrected chi connectivity index (χ2v) is 8.94. The number of carbonyl (C=O) groups excluding carboxylic acids is 1. The van der Waals surface area contributed by atoms with Crippen LogP contribution in [0.4, 0.5) is 5.82 Å². The van der Waals surface area contributed by atoms with Crippen molar-refractivity contribution in [3.63, 3.8) is 0 Å². The Balaban J connectivity index is 1.44. The molecule has 0 fully saturated rings. The topological polar surface area (TPSA) is 69.0 Å². The standard InChI is InChI=1S/C24H23ClN4O2S/c1-15(2)17-6-10-20(11-7-17)31-13-23(30)27-22-12-16(3)28-29(22)24-26-21(14-32-24)18-4-8-19(25)9-5-18/h4-12,14-15H,13H2,1-3H3,(H,27,30). The molecular weight excluding hydrogens is 444 g/mol. The molecular formula is C24H23ClN4O2S. The largest absolute Gasteiger partial charge is 0.484 e. The number of aromatic nitrogens is 3. The van der Waals surface area contributed by atoms with Crippen molar-refractivity contribution in [2.45, 2.75) is 26.7 Å². The van der Waals surface area contributed by atoms with Crippen LogP contribution in [-0.2, 0) is 4.79 Å². The molecule has 0 atom stereocenters. The smallest absolute Gasteiger partial charge is 0.263 e. The molecule has 0 spiro atoms. The molecule has 2 aromatic carbocycles. The Hall–Kier alpha value is -3.16. The van der Waals surface area contributed by atoms with Crippen LogP contribution >= 0.6 is 22.9 Å². The molecule has 1 amide bonds. The summed E-state index contributed by atoms with van der Waals surface area (Å²) in [5.41, 5.74) is 3.78. The number of hydrogen-bond donors (Lipinski definition) is 1. The second kappa shape index (κ2) is 9.54. The highest BCUT2D eigenvalue weighted by atomic mass is 35.5. The van der Waals surface area contributed by atoms with E-state index in [1.807, 2.05) is 60.8 Å². The van der Waals surface area contributed by atoms with Crippen LogP contribution in [0.2, 0.25) is 5.02 Å². The van der Waals surface area contributed by atoms with Gasteiger partial charge in [0.2, 0.25) is 5.13 Å². The lowest BCUT2D eigenvalue weighted by Gasteiger charge is -2.10. The maximum absolute atomic E-state index is 12.5. The lowest BCUT2D eigenvalue weighted by molar-refractivity contribution is -0.118. The van der Waals surface area contributed by atoms with E-state index in [0.29, 0.717) is 27.6 Å². The Morgan fingerprint density at radius 2 is 1.88 bits per heavy atom. The summed E-state index contributed by atoms with van der Waals surface area (Å²) in [5.74, 6) is 1.38. The molecule has 0 radical (unpaired) electrons. The van der Waals surface area contributed by atoms with Crippen molar-refractivity contribution in [2.75, 3.05) is 11.9 Å². The predicted octanol–water partition coefficient (Wildman–Crippen LogP) is 6.10. The number of nitrogens with one attached hydrogen (secondary N) is 1. The summed E-state index contributed by atoms with van der Waals surface area (Å²) < 4.78 is 7.27. The summed E-state index contributed by atoms with van der Waals surface area (Å²) in [6.45, 7) is 6.04. The summed E-state index contributed by atoms with van der Waals surface area (Å²) in [6, 6.07) is 17.1. The number of nitrogens with zero attached hydrogens (tertiary/aromatic N) is 3. The quantitative estimate of drug-likeness (QED) is 0.357. The predicted molar refractivity (Wildman–Crippen MR) is 129 cm³/mol. The van der Waals surface area contributed by atoms with Crippen LogP contribution < -0.4 is 10.1 Å². The van der Waals surface area contributed by atoms with Crippen molar-refractivity contribution < 1.29 is 9.53 Å². The summed E-state index contributed by atoms with van der Waals surface area (Å²) >= 11 is 7.42. The van der Waals surface area contributed by atoms with Crippen molar-refractivity contribution >= 4 is 34.7 Å². The van der Waals surface area contributed by atoms with Crippen molar-refractivity contribution in [2.24, 2.45) is 0 Å². The van der Waals surface area contributed by atoms with Crippen LogP contribution in [0.3, 0.4) is 0 Å². The number of thiazole rings is 1. The van der Waals surface area contributed by atoms with Gasteiger partial charge < -0.3 is 10.1 Å². The van der Waals surface area contributed by atoms with Gasteiger partial charge in [-0.15, -0.1) is 11.3 Å². The monoisotopic (exact) mass is 466 g/mol. The average Bonchev–Trinajstić information content (AvgIpc) is 3.40. The third-order valence-electron chi connectivity index (χ3n) is 4.83. The SMILES string of the molecule is Cc1cc(NC(=O)COc2ccc(C(C)C)cc2)n(-c2nc(-c3ccc(Cl)cc3)cs2)n1. The first-order chi connectivity index (χ1) is 15.4. The Morgan fingerprint density at radius 1 is 1.16 bits per heavy atom. The van der Waals surface area contributed by atoms with E-state index in [9.17, 15) is 4.79 Å². The third-order valence-corrected chi connectivity index (χ3v) is 5.90. The van der Waals surface area contributed by atoms with Crippen molar-refractivity contribution in [1.29, 1.82) is 0 Å². The van der Waals surface area contributed by atoms with Gasteiger partial charge in [-0.3, -0.25) is 4.79 Å². The number of aryl methyl sites for hydroxylation is 1. The Morgan fingerprint density at radius 3 is 2.56 bits per heavy atom. The molecule has 2 aromatic heterocycles. The molecule has 2 heterocycles. The Kier molecular flexibility index (Phi) is 6.58. The van der Waals surface area contributed by atoms with Gasteiger partial charge in [0.05, 0.1) is 11.4 Å². The molecule has 4 rings (SSSR count). The zero-order chi connectivity index (χ0) is 22.7. The van der Waals surface area contributed by atoms with Crippen LogP contribution in [0.1, 0.15) is 31.0 Å². The molecule has 0 saturated heterocycles. The molecule has 1 N–H and O–H groups in total. The fourth-order valence-corrected chi connectivity index (χ4v) is 4.05. The van der Waals surface area contributed by atoms with E-state index in [1.54, 1.807) is 10.7 Å². The summed E-state index contributed by atoms with van der Waals surface area (Å²) in [7, 11) is 0. The van der Waals surface area contributed by atoms with E-state index in [4.69, 9.17) is 16.3 Å². The zero-order valence-corrected chi connectivity index (χ0v) is 19.6. The molecule has 0 aliphatic rings. The van der Waals surface area contributed by atoms with E-state index < -0.39 is 0 Å². The minimum Gasteiger partial charge on any atom is -0.484 e. The van der Waals surface area contributed by atoms with Crippen LogP contribution in [0.25, 0.3) is 16.4 Å². The third kappa shape index (κ3) is 5.18. The molecule has 0 aliphatic carbocycles. The molecule has 0 aliphatic heterocycles. The number of hydrogen-bond acceptors (Lipinski definition) is 5. The lowest BCUT2D eigenvalue weighted by atomic mass is 10.0. The van der Waals surface area contributed by atoms with Crippen molar-refractivity contribution in [1.82, 2.24) is 14.8 Å². The first-order valence-corrected chi connectivity index (χ1v) is 11.5. The first kappa shape index (κ1) is 22.0. The number of halogens is 1. The molecule has 4 aromatic rings. The number of ether oxygens (including phenoxy) is 1. The second-order valence-electron chi connectivity index (χ2n) is 7.67. The maximum atomic E-state index is 12.5. The molecule has 32 heavy (non-hydrogen) atoms. The van der Waals surface area contributed by atoms with Crippen LogP contribution in [-0.4, -0.2) is 27.3 Å². The van der Waals surface area contributed by atoms with E-state index in [1.165, 1.54) is 16.9 Å². The van der Waals surface area contributed by atoms with E-state index >= 15 is 0 Å². The maximum Gasteiger partial charge on any atom is 0.263 e. The van der Waals surface area contributed by atoms with Gasteiger partial charge in [0.15, 0.2) is 6.61 Å². The molecule has 0 bridgehead atoms. The first-order valence-electron chi connectivity index (χ1n) is 10.2. The number of benzene rings is 2. The zero-order valence-electron chi connectivity index (χ0n) is 18.0. The molecule has 0 unspecified atom stereocenters. The van der Waals surface area contributed by atoms with Gasteiger partial charge >= 0.3 is 0 Å². The van der Waals surface area contributed by atoms with Crippen LogP contribution in [0.5, 0.6) is 5.75 Å². The number of amides is 1. The number of carbonyl (C=O) groups is 1. The number of anilines is 1. The van der Waals surface area contributed by atoms with Gasteiger partial charge in [-0.25, -0.2) is 4.98 Å². The highest BCUT2D eigenvalue weighted by Gasteiger charge is 2.15. The molecule has 0 saturated carbocycles. The normalized spacial score (nSPS) is 11.0. The van der Waals surface area contributed by atoms with E-state index in [2.05, 4.69) is 29.2 Å². The van der Waals surface area contributed by atoms with Gasteiger partial charge in [-0.05, 0) is 42.7 Å². The van der Waals surface area contributed by atoms with E-state index in [0.717, 1.165) is 17.0 Å². The lowest BCUT2D eigenvalue weighted by Crippen LogP contribution is -2.21. The van der Waals surface area contributed by atoms with Gasteiger partial charge in [0.25, 0.3) is 5.91 Å². The van der Waals surface area contributed by atoms with Gasteiger partial charge in [-0.2, -0.15) is 9.78 Å².